The van der Waals surface area contributed by atoms with Gasteiger partial charge in [-0.2, -0.15) is 0 Å². The molecule has 11 rings (SSSR count). The first-order chi connectivity index (χ1) is 27.5. The molecule has 0 N–H and O–H groups in total. The minimum Gasteiger partial charge on any atom is -0.135 e. The number of benzene rings is 8. The van der Waals surface area contributed by atoms with Gasteiger partial charge in [0.1, 0.15) is 0 Å². The maximum absolute atomic E-state index is 2.50. The normalized spacial score (nSPS) is 13.0. The Morgan fingerprint density at radius 3 is 1.79 bits per heavy atom. The molecule has 0 radical (unpaired) electrons. The summed E-state index contributed by atoms with van der Waals surface area (Å²) in [5, 5.41) is 10.3. The summed E-state index contributed by atoms with van der Waals surface area (Å²) < 4.78 is 2.74. The summed E-state index contributed by atoms with van der Waals surface area (Å²) in [7, 11) is 0. The molecule has 0 saturated carbocycles. The molecule has 0 unspecified atom stereocenters. The first kappa shape index (κ1) is 32.9. The fraction of sp³-hybridized carbons (Fsp3) is 0.0545. The third kappa shape index (κ3) is 5.12. The van der Waals surface area contributed by atoms with E-state index in [9.17, 15) is 0 Å². The van der Waals surface area contributed by atoms with E-state index in [-0.39, 0.29) is 5.41 Å². The van der Waals surface area contributed by atoms with E-state index in [1.807, 2.05) is 11.3 Å². The van der Waals surface area contributed by atoms with Gasteiger partial charge in [-0.25, -0.2) is 0 Å². The van der Waals surface area contributed by atoms with Crippen molar-refractivity contribution in [1.29, 1.82) is 0 Å². The molecule has 0 nitrogen and oxygen atoms in total. The van der Waals surface area contributed by atoms with E-state index in [4.69, 9.17) is 0 Å². The van der Waals surface area contributed by atoms with E-state index in [2.05, 4.69) is 208 Å². The van der Waals surface area contributed by atoms with Gasteiger partial charge in [-0.15, -0.1) is 11.3 Å². The quantitative estimate of drug-likeness (QED) is 0.170. The molecule has 1 aromatic heterocycles. The smallest absolute Gasteiger partial charge is 0.0433 e. The molecule has 0 saturated heterocycles. The molecule has 1 heterocycles. The standard InChI is InChI=1S/C55H38S/c1-55(2)51-30-28-37(32-49(51)50-33-39-27-29-47-46-24-11-12-26-53(46)56-54(47)48(39)34-52(50)55)36-17-13-18-38(31-36)41-19-5-3-4-6-21-44(45-23-10-9-22-42(41)45)43-25-14-16-35-15-7-8-20-40(35)43/h3-34H,1-2H3. The summed E-state index contributed by atoms with van der Waals surface area (Å²) in [6.07, 6.45) is 0. The summed E-state index contributed by atoms with van der Waals surface area (Å²) in [6, 6.07) is 72.0. The molecule has 9 aromatic carbocycles. The average molecular weight is 731 g/mol. The second-order valence-corrected chi connectivity index (χ2v) is 16.7. The van der Waals surface area contributed by atoms with Crippen LogP contribution >= 0.6 is 11.3 Å². The lowest BCUT2D eigenvalue weighted by atomic mass is 9.81. The molecule has 264 valence electrons. The molecular weight excluding hydrogens is 693 g/mol. The molecule has 0 atom stereocenters. The monoisotopic (exact) mass is 730 g/mol. The lowest BCUT2D eigenvalue weighted by molar-refractivity contribution is 0.661. The van der Waals surface area contributed by atoms with Crippen LogP contribution in [0.2, 0.25) is 0 Å². The van der Waals surface area contributed by atoms with E-state index in [0.717, 1.165) is 0 Å². The van der Waals surface area contributed by atoms with Gasteiger partial charge in [0.2, 0.25) is 0 Å². The molecule has 0 amide bonds. The van der Waals surface area contributed by atoms with Gasteiger partial charge in [-0.3, -0.25) is 0 Å². The number of rotatable bonds is 3. The number of fused-ring (bicyclic) bond motifs is 10. The Kier molecular flexibility index (Phi) is 7.49. The van der Waals surface area contributed by atoms with Crippen LogP contribution in [0.3, 0.4) is 0 Å². The molecule has 1 aliphatic rings. The van der Waals surface area contributed by atoms with E-state index in [1.165, 1.54) is 108 Å². The lowest BCUT2D eigenvalue weighted by Gasteiger charge is -2.22. The van der Waals surface area contributed by atoms with Crippen LogP contribution in [0.15, 0.2) is 194 Å². The molecule has 0 aliphatic heterocycles. The zero-order chi connectivity index (χ0) is 37.4. The molecule has 10 aromatic rings. The van der Waals surface area contributed by atoms with Gasteiger partial charge in [-0.05, 0) is 118 Å². The van der Waals surface area contributed by atoms with Crippen LogP contribution < -0.4 is 0 Å². The second kappa shape index (κ2) is 12.8. The summed E-state index contributed by atoms with van der Waals surface area (Å²) in [5.41, 5.74) is 12.7. The maximum atomic E-state index is 2.50. The van der Waals surface area contributed by atoms with E-state index < -0.39 is 0 Å². The molecule has 0 spiro atoms. The van der Waals surface area contributed by atoms with Crippen LogP contribution in [-0.4, -0.2) is 0 Å². The number of thiophene rings is 1. The molecule has 1 heteroatoms. The number of hydrogen-bond acceptors (Lipinski definition) is 1. The van der Waals surface area contributed by atoms with Crippen LogP contribution in [0, 0.1) is 0 Å². The largest absolute Gasteiger partial charge is 0.135 e. The first-order valence-electron chi connectivity index (χ1n) is 19.5. The van der Waals surface area contributed by atoms with Crippen LogP contribution in [-0.2, 0) is 5.41 Å². The lowest BCUT2D eigenvalue weighted by Crippen LogP contribution is -2.14. The fourth-order valence-corrected chi connectivity index (χ4v) is 10.5. The van der Waals surface area contributed by atoms with Crippen LogP contribution in [0.1, 0.15) is 25.0 Å². The number of hydrogen-bond donors (Lipinski definition) is 0. The van der Waals surface area contributed by atoms with Crippen molar-refractivity contribution in [3.05, 3.63) is 205 Å². The van der Waals surface area contributed by atoms with Crippen molar-refractivity contribution < 1.29 is 0 Å². The van der Waals surface area contributed by atoms with Crippen molar-refractivity contribution in [2.45, 2.75) is 19.3 Å². The summed E-state index contributed by atoms with van der Waals surface area (Å²) in [5.74, 6) is 0. The highest BCUT2D eigenvalue weighted by Crippen LogP contribution is 2.52. The Morgan fingerprint density at radius 2 is 0.929 bits per heavy atom. The Morgan fingerprint density at radius 1 is 0.321 bits per heavy atom. The Bertz CT molecular complexity index is 3280. The third-order valence-electron chi connectivity index (χ3n) is 12.1. The molecular formula is C55H38S. The van der Waals surface area contributed by atoms with Crippen LogP contribution in [0.4, 0.5) is 0 Å². The Hall–Kier alpha value is -6.54. The SMILES string of the molecule is CC1(C)c2ccc(-c3cccc(-c4ccccccc(-c5cccc6ccccc56)c5ccccc45)c3)cc2-c2cc3ccc4c5ccccc5sc4c3cc21. The van der Waals surface area contributed by atoms with E-state index in [0.29, 0.717) is 0 Å². The molecule has 56 heavy (non-hydrogen) atoms. The second-order valence-electron chi connectivity index (χ2n) is 15.6. The minimum atomic E-state index is -0.0984. The summed E-state index contributed by atoms with van der Waals surface area (Å²) in [4.78, 5) is 0. The van der Waals surface area contributed by atoms with Crippen molar-refractivity contribution in [3.8, 4) is 44.5 Å². The predicted molar refractivity (Wildman–Crippen MR) is 243 cm³/mol. The van der Waals surface area contributed by atoms with Crippen molar-refractivity contribution >= 4 is 63.8 Å². The predicted octanol–water partition coefficient (Wildman–Crippen LogP) is 15.9. The molecule has 0 fully saturated rings. The van der Waals surface area contributed by atoms with Crippen molar-refractivity contribution in [2.24, 2.45) is 0 Å². The van der Waals surface area contributed by atoms with E-state index in [1.54, 1.807) is 0 Å². The summed E-state index contributed by atoms with van der Waals surface area (Å²) in [6.45, 7) is 4.78. The fourth-order valence-electron chi connectivity index (χ4n) is 9.31. The van der Waals surface area contributed by atoms with Gasteiger partial charge in [0.05, 0.1) is 0 Å². The van der Waals surface area contributed by atoms with Gasteiger partial charge in [0.25, 0.3) is 0 Å². The van der Waals surface area contributed by atoms with Crippen LogP contribution in [0.25, 0.3) is 97.0 Å². The van der Waals surface area contributed by atoms with Crippen molar-refractivity contribution in [1.82, 2.24) is 0 Å². The Balaban J connectivity index is 1.07. The van der Waals surface area contributed by atoms with E-state index >= 15 is 0 Å². The highest BCUT2D eigenvalue weighted by molar-refractivity contribution is 7.26. The van der Waals surface area contributed by atoms with Gasteiger partial charge in [-0.1, -0.05) is 178 Å². The molecule has 0 bridgehead atoms. The van der Waals surface area contributed by atoms with Crippen LogP contribution in [0.5, 0.6) is 0 Å². The molecule has 1 aliphatic carbocycles. The average Bonchev–Trinajstić information content (AvgIpc) is 3.73. The van der Waals surface area contributed by atoms with Crippen molar-refractivity contribution in [2.75, 3.05) is 0 Å². The highest BCUT2D eigenvalue weighted by Gasteiger charge is 2.36. The highest BCUT2D eigenvalue weighted by atomic mass is 32.1. The topological polar surface area (TPSA) is 0 Å². The zero-order valence-electron chi connectivity index (χ0n) is 31.4. The van der Waals surface area contributed by atoms with Crippen molar-refractivity contribution in [3.63, 3.8) is 0 Å². The van der Waals surface area contributed by atoms with Gasteiger partial charge >= 0.3 is 0 Å². The van der Waals surface area contributed by atoms with Gasteiger partial charge < -0.3 is 0 Å². The minimum absolute atomic E-state index is 0.0984. The van der Waals surface area contributed by atoms with Gasteiger partial charge in [0.15, 0.2) is 0 Å². The van der Waals surface area contributed by atoms with Gasteiger partial charge in [0, 0.05) is 25.6 Å². The maximum Gasteiger partial charge on any atom is 0.0433 e. The summed E-state index contributed by atoms with van der Waals surface area (Å²) >= 11 is 1.92. The Labute approximate surface area is 331 Å². The third-order valence-corrected chi connectivity index (χ3v) is 13.3. The zero-order valence-corrected chi connectivity index (χ0v) is 32.2. The first-order valence-corrected chi connectivity index (χ1v) is 20.3.